The van der Waals surface area contributed by atoms with Gasteiger partial charge in [0.2, 0.25) is 0 Å². The van der Waals surface area contributed by atoms with Crippen molar-refractivity contribution >= 4 is 33.1 Å². The minimum atomic E-state index is -0.0442. The van der Waals surface area contributed by atoms with Crippen LogP contribution < -0.4 is 5.32 Å². The number of rotatable bonds is 5. The second-order valence-corrected chi connectivity index (χ2v) is 5.44. The average Bonchev–Trinajstić information content (AvgIpc) is 2.81. The second kappa shape index (κ2) is 6.09. The van der Waals surface area contributed by atoms with E-state index in [1.165, 1.54) is 0 Å². The first-order valence-corrected chi connectivity index (χ1v) is 6.81. The van der Waals surface area contributed by atoms with Gasteiger partial charge in [0, 0.05) is 28.2 Å². The maximum absolute atomic E-state index is 9.34. The highest BCUT2D eigenvalue weighted by molar-refractivity contribution is 9.10. The van der Waals surface area contributed by atoms with Crippen LogP contribution in [0.1, 0.15) is 4.88 Å². The highest BCUT2D eigenvalue weighted by Gasteiger charge is 2.10. The summed E-state index contributed by atoms with van der Waals surface area (Å²) >= 11 is 4.97. The van der Waals surface area contributed by atoms with Gasteiger partial charge in [-0.15, -0.1) is 11.3 Å². The Kier molecular flexibility index (Phi) is 4.47. The van der Waals surface area contributed by atoms with Crippen LogP contribution in [0.25, 0.3) is 0 Å². The van der Waals surface area contributed by atoms with Crippen molar-refractivity contribution in [1.29, 1.82) is 0 Å². The molecule has 0 bridgehead atoms. The third kappa shape index (κ3) is 3.76. The third-order valence-electron chi connectivity index (χ3n) is 2.23. The fourth-order valence-corrected chi connectivity index (χ4v) is 2.45. The quantitative estimate of drug-likeness (QED) is 0.889. The molecule has 90 valence electrons. The summed E-state index contributed by atoms with van der Waals surface area (Å²) in [5.74, 6) is 0.753. The summed E-state index contributed by atoms with van der Waals surface area (Å²) in [6.07, 6.45) is 4.28. The van der Waals surface area contributed by atoms with Crippen molar-refractivity contribution in [2.75, 3.05) is 11.9 Å². The zero-order valence-corrected chi connectivity index (χ0v) is 11.4. The number of nitrogens with one attached hydrogen (secondary N) is 1. The zero-order valence-electron chi connectivity index (χ0n) is 9.01. The molecule has 0 aromatic carbocycles. The number of aromatic nitrogens is 2. The van der Waals surface area contributed by atoms with E-state index in [1.807, 2.05) is 18.3 Å². The minimum Gasteiger partial charge on any atom is -0.394 e. The fraction of sp³-hybridized carbons (Fsp3) is 0.273. The van der Waals surface area contributed by atoms with Gasteiger partial charge in [0.1, 0.15) is 5.82 Å². The van der Waals surface area contributed by atoms with Gasteiger partial charge in [0.05, 0.1) is 18.2 Å². The molecule has 6 heteroatoms. The van der Waals surface area contributed by atoms with Crippen molar-refractivity contribution in [3.63, 3.8) is 0 Å². The number of aliphatic hydroxyl groups excluding tert-OH is 1. The van der Waals surface area contributed by atoms with Gasteiger partial charge in [-0.2, -0.15) is 0 Å². The number of nitrogens with zero attached hydrogens (tertiary/aromatic N) is 2. The van der Waals surface area contributed by atoms with E-state index in [2.05, 4.69) is 31.2 Å². The Labute approximate surface area is 112 Å². The number of halogens is 1. The number of thiazole rings is 1. The van der Waals surface area contributed by atoms with Crippen LogP contribution in [0.4, 0.5) is 5.82 Å². The number of hydrogen-bond acceptors (Lipinski definition) is 5. The van der Waals surface area contributed by atoms with Gasteiger partial charge in [-0.25, -0.2) is 4.98 Å². The van der Waals surface area contributed by atoms with Gasteiger partial charge in [-0.1, -0.05) is 15.9 Å². The predicted molar refractivity (Wildman–Crippen MR) is 72.3 cm³/mol. The molecular weight excluding hydrogens is 302 g/mol. The summed E-state index contributed by atoms with van der Waals surface area (Å²) in [6.45, 7) is 0.0616. The smallest absolute Gasteiger partial charge is 0.127 e. The molecule has 1 unspecified atom stereocenters. The predicted octanol–water partition coefficient (Wildman–Crippen LogP) is 2.32. The Morgan fingerprint density at radius 2 is 2.41 bits per heavy atom. The molecule has 0 fully saturated rings. The van der Waals surface area contributed by atoms with E-state index in [0.717, 1.165) is 21.6 Å². The molecule has 2 N–H and O–H groups in total. The largest absolute Gasteiger partial charge is 0.394 e. The van der Waals surface area contributed by atoms with Crippen molar-refractivity contribution in [2.45, 2.75) is 12.5 Å². The van der Waals surface area contributed by atoms with Crippen molar-refractivity contribution in [2.24, 2.45) is 0 Å². The third-order valence-corrected chi connectivity index (χ3v) is 3.52. The van der Waals surface area contributed by atoms with Crippen molar-refractivity contribution in [3.05, 3.63) is 39.4 Å². The first-order valence-electron chi connectivity index (χ1n) is 5.14. The van der Waals surface area contributed by atoms with E-state index >= 15 is 0 Å². The number of pyridine rings is 1. The summed E-state index contributed by atoms with van der Waals surface area (Å²) in [6, 6.07) is 3.70. The normalized spacial score (nSPS) is 12.4. The van der Waals surface area contributed by atoms with E-state index in [4.69, 9.17) is 0 Å². The van der Waals surface area contributed by atoms with E-state index in [1.54, 1.807) is 23.0 Å². The van der Waals surface area contributed by atoms with Crippen LogP contribution in [0, 0.1) is 0 Å². The molecule has 0 aliphatic rings. The molecule has 2 rings (SSSR count). The Bertz CT molecular complexity index is 463. The fourth-order valence-electron chi connectivity index (χ4n) is 1.44. The molecule has 1 atom stereocenters. The van der Waals surface area contributed by atoms with E-state index in [0.29, 0.717) is 0 Å². The van der Waals surface area contributed by atoms with E-state index in [-0.39, 0.29) is 12.6 Å². The Morgan fingerprint density at radius 1 is 1.53 bits per heavy atom. The lowest BCUT2D eigenvalue weighted by molar-refractivity contribution is 0.274. The highest BCUT2D eigenvalue weighted by atomic mass is 79.9. The molecule has 0 amide bonds. The van der Waals surface area contributed by atoms with Crippen LogP contribution in [-0.4, -0.2) is 27.7 Å². The summed E-state index contributed by atoms with van der Waals surface area (Å²) in [7, 11) is 0. The molecule has 0 saturated heterocycles. The van der Waals surface area contributed by atoms with Gasteiger partial charge in [0.15, 0.2) is 0 Å². The van der Waals surface area contributed by atoms with Gasteiger partial charge in [0.25, 0.3) is 0 Å². The molecular formula is C11H12BrN3OS. The SMILES string of the molecule is OCC(Cc1cncs1)Nc1cc(Br)ccn1. The monoisotopic (exact) mass is 313 g/mol. The van der Waals surface area contributed by atoms with Gasteiger partial charge < -0.3 is 10.4 Å². The Morgan fingerprint density at radius 3 is 3.06 bits per heavy atom. The average molecular weight is 314 g/mol. The number of aliphatic hydroxyl groups is 1. The van der Waals surface area contributed by atoms with Crippen molar-refractivity contribution < 1.29 is 5.11 Å². The van der Waals surface area contributed by atoms with Crippen molar-refractivity contribution in [1.82, 2.24) is 9.97 Å². The van der Waals surface area contributed by atoms with Crippen LogP contribution in [-0.2, 0) is 6.42 Å². The molecule has 0 aliphatic heterocycles. The summed E-state index contributed by atoms with van der Waals surface area (Å²) in [5, 5.41) is 12.5. The highest BCUT2D eigenvalue weighted by Crippen LogP contribution is 2.15. The molecule has 0 radical (unpaired) electrons. The first kappa shape index (κ1) is 12.5. The number of hydrogen-bond donors (Lipinski definition) is 2. The molecule has 17 heavy (non-hydrogen) atoms. The minimum absolute atomic E-state index is 0.0442. The number of anilines is 1. The Balaban J connectivity index is 2.00. The van der Waals surface area contributed by atoms with Crippen LogP contribution in [0.2, 0.25) is 0 Å². The molecule has 2 heterocycles. The molecule has 0 spiro atoms. The summed E-state index contributed by atoms with van der Waals surface area (Å²) in [4.78, 5) is 9.35. The molecule has 2 aromatic rings. The van der Waals surface area contributed by atoms with E-state index < -0.39 is 0 Å². The van der Waals surface area contributed by atoms with Crippen LogP contribution in [0.3, 0.4) is 0 Å². The molecule has 0 saturated carbocycles. The lowest BCUT2D eigenvalue weighted by Crippen LogP contribution is -2.26. The van der Waals surface area contributed by atoms with Crippen LogP contribution in [0.15, 0.2) is 34.5 Å². The molecule has 0 aliphatic carbocycles. The van der Waals surface area contributed by atoms with Crippen LogP contribution >= 0.6 is 27.3 Å². The molecule has 2 aromatic heterocycles. The van der Waals surface area contributed by atoms with Gasteiger partial charge in [-0.3, -0.25) is 4.98 Å². The topological polar surface area (TPSA) is 58.0 Å². The van der Waals surface area contributed by atoms with Crippen LogP contribution in [0.5, 0.6) is 0 Å². The van der Waals surface area contributed by atoms with E-state index in [9.17, 15) is 5.11 Å². The van der Waals surface area contributed by atoms with Gasteiger partial charge >= 0.3 is 0 Å². The zero-order chi connectivity index (χ0) is 12.1. The van der Waals surface area contributed by atoms with Crippen molar-refractivity contribution in [3.8, 4) is 0 Å². The summed E-state index contributed by atoms with van der Waals surface area (Å²) in [5.41, 5.74) is 1.79. The maximum Gasteiger partial charge on any atom is 0.127 e. The standard InChI is InChI=1S/C11H12BrN3OS/c12-8-1-2-14-11(3-8)15-9(6-16)4-10-5-13-7-17-10/h1-3,5,7,9,16H,4,6H2,(H,14,15). The summed E-state index contributed by atoms with van der Waals surface area (Å²) < 4.78 is 0.962. The second-order valence-electron chi connectivity index (χ2n) is 3.56. The Hall–Kier alpha value is -0.980. The van der Waals surface area contributed by atoms with Gasteiger partial charge in [-0.05, 0) is 12.1 Å². The molecule has 4 nitrogen and oxygen atoms in total. The maximum atomic E-state index is 9.34. The lowest BCUT2D eigenvalue weighted by Gasteiger charge is -2.15. The first-order chi connectivity index (χ1) is 8.28. The lowest BCUT2D eigenvalue weighted by atomic mass is 10.2.